The smallest absolute Gasteiger partial charge is 0.276 e. The van der Waals surface area contributed by atoms with Gasteiger partial charge in [-0.3, -0.25) is 4.79 Å². The van der Waals surface area contributed by atoms with E-state index in [1.807, 2.05) is 6.07 Å². The fourth-order valence-corrected chi connectivity index (χ4v) is 5.63. The van der Waals surface area contributed by atoms with E-state index in [1.165, 1.54) is 0 Å². The first kappa shape index (κ1) is 21.0. The third kappa shape index (κ3) is 4.27. The minimum atomic E-state index is -3.29. The molecule has 0 bridgehead atoms. The van der Waals surface area contributed by atoms with Crippen LogP contribution in [-0.4, -0.2) is 31.6 Å². The van der Waals surface area contributed by atoms with E-state index < -0.39 is 9.84 Å². The number of carbonyl (C=O) groups excluding carboxylic acids is 1. The number of amides is 1. The molecule has 0 saturated heterocycles. The van der Waals surface area contributed by atoms with Crippen LogP contribution in [0.2, 0.25) is 0 Å². The van der Waals surface area contributed by atoms with E-state index in [9.17, 15) is 13.2 Å². The van der Waals surface area contributed by atoms with Gasteiger partial charge in [-0.05, 0) is 48.2 Å². The van der Waals surface area contributed by atoms with Gasteiger partial charge in [0.1, 0.15) is 5.69 Å². The van der Waals surface area contributed by atoms with Gasteiger partial charge in [0, 0.05) is 25.3 Å². The van der Waals surface area contributed by atoms with Crippen LogP contribution in [0.1, 0.15) is 66.3 Å². The average Bonchev–Trinajstić information content (AvgIpc) is 3.38. The average molecular weight is 428 g/mol. The number of aromatic nitrogens is 1. The maximum absolute atomic E-state index is 13.0. The van der Waals surface area contributed by atoms with Crippen molar-refractivity contribution >= 4 is 21.4 Å². The summed E-state index contributed by atoms with van der Waals surface area (Å²) in [6, 6.07) is 8.92. The number of sulfone groups is 1. The van der Waals surface area contributed by atoms with Crippen molar-refractivity contribution in [3.63, 3.8) is 0 Å². The summed E-state index contributed by atoms with van der Waals surface area (Å²) >= 11 is 0. The first-order valence-electron chi connectivity index (χ1n) is 10.9. The number of hydrogen-bond donors (Lipinski definition) is 1. The summed E-state index contributed by atoms with van der Waals surface area (Å²) in [6.45, 7) is 4.17. The monoisotopic (exact) mass is 427 g/mol. The zero-order valence-electron chi connectivity index (χ0n) is 17.5. The van der Waals surface area contributed by atoms with Crippen LogP contribution >= 0.6 is 0 Å². The van der Waals surface area contributed by atoms with Crippen molar-refractivity contribution in [1.82, 2.24) is 10.3 Å². The largest absolute Gasteiger partial charge is 0.307 e. The number of carbonyl (C=O) groups is 1. The first-order valence-corrected chi connectivity index (χ1v) is 12.5. The number of rotatable bonds is 8. The van der Waals surface area contributed by atoms with Crippen LogP contribution in [0.4, 0.5) is 5.69 Å². The summed E-state index contributed by atoms with van der Waals surface area (Å²) in [4.78, 5) is 19.7. The highest BCUT2D eigenvalue weighted by Gasteiger charge is 2.28. The molecule has 7 heteroatoms. The topological polar surface area (TPSA) is 79.4 Å². The Bertz CT molecular complexity index is 1050. The zero-order chi connectivity index (χ0) is 21.1. The summed E-state index contributed by atoms with van der Waals surface area (Å²) in [6.07, 6.45) is 5.68. The lowest BCUT2D eigenvalue weighted by Crippen LogP contribution is -2.29. The van der Waals surface area contributed by atoms with Crippen LogP contribution < -0.4 is 10.2 Å². The molecule has 1 N–H and O–H groups in total. The molecule has 4 rings (SSSR count). The van der Waals surface area contributed by atoms with E-state index >= 15 is 0 Å². The van der Waals surface area contributed by atoms with E-state index in [0.29, 0.717) is 36.5 Å². The predicted molar refractivity (Wildman–Crippen MR) is 117 cm³/mol. The number of unbranched alkanes of at least 4 members (excludes halogenated alkanes) is 4. The van der Waals surface area contributed by atoms with E-state index in [-0.39, 0.29) is 11.7 Å². The fourth-order valence-electron chi connectivity index (χ4n) is 4.21. The van der Waals surface area contributed by atoms with Crippen LogP contribution in [0.3, 0.4) is 0 Å². The van der Waals surface area contributed by atoms with Gasteiger partial charge in [0.05, 0.1) is 16.3 Å². The van der Waals surface area contributed by atoms with Crippen molar-refractivity contribution in [1.29, 1.82) is 0 Å². The molecule has 0 radical (unpaired) electrons. The highest BCUT2D eigenvalue weighted by atomic mass is 32.2. The molecular formula is C23H29N3O3S. The number of benzene rings is 1. The number of pyridine rings is 1. The molecule has 0 fully saturated rings. The Morgan fingerprint density at radius 3 is 2.73 bits per heavy atom. The molecule has 6 nitrogen and oxygen atoms in total. The number of hydrogen-bond acceptors (Lipinski definition) is 5. The second-order valence-corrected chi connectivity index (χ2v) is 10.2. The normalized spacial score (nSPS) is 15.3. The van der Waals surface area contributed by atoms with Crippen molar-refractivity contribution in [3.8, 4) is 0 Å². The lowest BCUT2D eigenvalue weighted by atomic mass is 10.1. The van der Waals surface area contributed by atoms with Gasteiger partial charge in [-0.25, -0.2) is 13.4 Å². The van der Waals surface area contributed by atoms with Gasteiger partial charge in [0.25, 0.3) is 5.91 Å². The van der Waals surface area contributed by atoms with Crippen molar-refractivity contribution in [3.05, 3.63) is 52.8 Å². The van der Waals surface area contributed by atoms with E-state index in [4.69, 9.17) is 0 Å². The molecule has 0 atom stereocenters. The van der Waals surface area contributed by atoms with Crippen LogP contribution in [0.25, 0.3) is 0 Å². The maximum atomic E-state index is 13.0. The van der Waals surface area contributed by atoms with E-state index in [2.05, 4.69) is 17.2 Å². The molecule has 1 amide bonds. The summed E-state index contributed by atoms with van der Waals surface area (Å²) < 4.78 is 25.4. The molecule has 1 aromatic heterocycles. The van der Waals surface area contributed by atoms with Crippen LogP contribution in [0.15, 0.2) is 35.2 Å². The summed E-state index contributed by atoms with van der Waals surface area (Å²) in [5, 5.41) is 3.24. The Kier molecular flexibility index (Phi) is 6.20. The predicted octanol–water partition coefficient (Wildman–Crippen LogP) is 3.63. The highest BCUT2D eigenvalue weighted by molar-refractivity contribution is 7.91. The van der Waals surface area contributed by atoms with Gasteiger partial charge in [-0.1, -0.05) is 38.7 Å². The third-order valence-electron chi connectivity index (χ3n) is 5.96. The molecule has 0 saturated carbocycles. The second kappa shape index (κ2) is 8.86. The molecular weight excluding hydrogens is 398 g/mol. The van der Waals surface area contributed by atoms with Crippen LogP contribution in [0, 0.1) is 0 Å². The van der Waals surface area contributed by atoms with Crippen molar-refractivity contribution < 1.29 is 13.2 Å². The van der Waals surface area contributed by atoms with E-state index in [1.54, 1.807) is 29.2 Å². The van der Waals surface area contributed by atoms with Gasteiger partial charge in [0.2, 0.25) is 0 Å². The molecule has 3 heterocycles. The molecule has 1 aromatic carbocycles. The van der Waals surface area contributed by atoms with Gasteiger partial charge in [0.15, 0.2) is 9.84 Å². The SMILES string of the molecule is CCCCCCCS(=O)(=O)c1ccc2c(c1)CCN2C(=O)c1ccc2c(n1)CNC2. The van der Waals surface area contributed by atoms with Crippen molar-refractivity contribution in [2.24, 2.45) is 0 Å². The Morgan fingerprint density at radius 1 is 1.07 bits per heavy atom. The number of fused-ring (bicyclic) bond motifs is 2. The number of nitrogens with zero attached hydrogens (tertiary/aromatic N) is 2. The van der Waals surface area contributed by atoms with Crippen molar-refractivity contribution in [2.75, 3.05) is 17.2 Å². The second-order valence-electron chi connectivity index (χ2n) is 8.14. The summed E-state index contributed by atoms with van der Waals surface area (Å²) in [5.41, 5.74) is 4.22. The fraction of sp³-hybridized carbons (Fsp3) is 0.478. The van der Waals surface area contributed by atoms with Gasteiger partial charge in [-0.2, -0.15) is 0 Å². The summed E-state index contributed by atoms with van der Waals surface area (Å²) in [7, 11) is -3.29. The third-order valence-corrected chi connectivity index (χ3v) is 7.76. The summed E-state index contributed by atoms with van der Waals surface area (Å²) in [5.74, 6) is 0.0561. The quantitative estimate of drug-likeness (QED) is 0.651. The Hall–Kier alpha value is -2.25. The van der Waals surface area contributed by atoms with Crippen LogP contribution in [0.5, 0.6) is 0 Å². The van der Waals surface area contributed by atoms with Gasteiger partial charge >= 0.3 is 0 Å². The Balaban J connectivity index is 1.47. The van der Waals surface area contributed by atoms with Gasteiger partial charge in [-0.15, -0.1) is 0 Å². The number of anilines is 1. The minimum Gasteiger partial charge on any atom is -0.307 e. The lowest BCUT2D eigenvalue weighted by Gasteiger charge is -2.17. The number of nitrogens with one attached hydrogen (secondary N) is 1. The minimum absolute atomic E-state index is 0.130. The Morgan fingerprint density at radius 2 is 1.90 bits per heavy atom. The molecule has 2 aliphatic rings. The van der Waals surface area contributed by atoms with Crippen molar-refractivity contribution in [2.45, 2.75) is 63.4 Å². The van der Waals surface area contributed by atoms with Crippen LogP contribution in [-0.2, 0) is 29.3 Å². The first-order chi connectivity index (χ1) is 14.5. The maximum Gasteiger partial charge on any atom is 0.276 e. The highest BCUT2D eigenvalue weighted by Crippen LogP contribution is 2.32. The molecule has 2 aromatic rings. The van der Waals surface area contributed by atoms with Gasteiger partial charge < -0.3 is 10.2 Å². The lowest BCUT2D eigenvalue weighted by molar-refractivity contribution is 0.0984. The molecule has 0 aliphatic carbocycles. The molecule has 160 valence electrons. The molecule has 0 spiro atoms. The van der Waals surface area contributed by atoms with E-state index in [0.717, 1.165) is 54.7 Å². The Labute approximate surface area is 178 Å². The molecule has 0 unspecified atom stereocenters. The molecule has 30 heavy (non-hydrogen) atoms. The standard InChI is InChI=1S/C23H29N3O3S/c1-2-3-4-5-6-13-30(28,29)19-8-10-22-17(14-19)11-12-26(22)23(27)20-9-7-18-15-24-16-21(18)25-20/h7-10,14,24H,2-6,11-13,15-16H2,1H3. The zero-order valence-corrected chi connectivity index (χ0v) is 18.3. The molecule has 2 aliphatic heterocycles.